The van der Waals surface area contributed by atoms with Crippen molar-refractivity contribution >= 4 is 39.7 Å². The van der Waals surface area contributed by atoms with Crippen molar-refractivity contribution in [3.8, 4) is 11.1 Å². The molecule has 0 unspecified atom stereocenters. The molecule has 30 heavy (non-hydrogen) atoms. The maximum Gasteiger partial charge on any atom is 0.300 e. The van der Waals surface area contributed by atoms with Crippen LogP contribution >= 0.6 is 0 Å². The van der Waals surface area contributed by atoms with Gasteiger partial charge in [-0.2, -0.15) is 4.98 Å². The Morgan fingerprint density at radius 1 is 1.13 bits per heavy atom. The van der Waals surface area contributed by atoms with Crippen LogP contribution in [0.1, 0.15) is 11.1 Å². The number of nitrogens with one attached hydrogen (secondary N) is 1. The SMILES string of the molecule is Cc1cc(C)c2oc(Nc3ccc(-c4cn(C)c5ncnc(N)c45)cc3F)nc2c1. The number of nitrogens with two attached hydrogens (primary N) is 1. The fraction of sp³-hybridized carbons (Fsp3) is 0.136. The van der Waals surface area contributed by atoms with Crippen molar-refractivity contribution in [2.75, 3.05) is 11.1 Å². The lowest BCUT2D eigenvalue weighted by Gasteiger charge is -2.06. The average Bonchev–Trinajstić information content (AvgIpc) is 3.25. The molecule has 2 aromatic carbocycles. The summed E-state index contributed by atoms with van der Waals surface area (Å²) in [5, 5.41) is 3.63. The van der Waals surface area contributed by atoms with Gasteiger partial charge in [-0.25, -0.2) is 14.4 Å². The van der Waals surface area contributed by atoms with Crippen LogP contribution in [0.2, 0.25) is 0 Å². The van der Waals surface area contributed by atoms with Gasteiger partial charge in [-0.3, -0.25) is 0 Å². The van der Waals surface area contributed by atoms with Crippen molar-refractivity contribution < 1.29 is 8.81 Å². The zero-order valence-corrected chi connectivity index (χ0v) is 16.7. The maximum absolute atomic E-state index is 14.9. The number of halogens is 1. The summed E-state index contributed by atoms with van der Waals surface area (Å²) in [6.45, 7) is 3.96. The number of aromatic nitrogens is 4. The van der Waals surface area contributed by atoms with E-state index in [4.69, 9.17) is 10.2 Å². The molecule has 0 saturated carbocycles. The normalized spacial score (nSPS) is 11.5. The van der Waals surface area contributed by atoms with Crippen LogP contribution < -0.4 is 11.1 Å². The van der Waals surface area contributed by atoms with Gasteiger partial charge in [0.1, 0.15) is 29.1 Å². The van der Waals surface area contributed by atoms with Crippen LogP contribution in [-0.2, 0) is 7.05 Å². The molecule has 0 bridgehead atoms. The largest absolute Gasteiger partial charge is 0.423 e. The lowest BCUT2D eigenvalue weighted by Crippen LogP contribution is -1.95. The van der Waals surface area contributed by atoms with Gasteiger partial charge in [-0.1, -0.05) is 12.1 Å². The molecule has 3 N–H and O–H groups in total. The molecular formula is C22H19FN6O. The Balaban J connectivity index is 1.53. The highest BCUT2D eigenvalue weighted by Gasteiger charge is 2.16. The van der Waals surface area contributed by atoms with Gasteiger partial charge in [0.2, 0.25) is 0 Å². The first-order valence-corrected chi connectivity index (χ1v) is 9.41. The summed E-state index contributed by atoms with van der Waals surface area (Å²) in [4.78, 5) is 12.8. The second kappa shape index (κ2) is 6.55. The average molecular weight is 402 g/mol. The van der Waals surface area contributed by atoms with Gasteiger partial charge in [-0.05, 0) is 48.7 Å². The lowest BCUT2D eigenvalue weighted by molar-refractivity contribution is 0.610. The van der Waals surface area contributed by atoms with Gasteiger partial charge in [0, 0.05) is 18.8 Å². The topological polar surface area (TPSA) is 94.8 Å². The second-order valence-corrected chi connectivity index (χ2v) is 7.38. The van der Waals surface area contributed by atoms with Gasteiger partial charge in [0.15, 0.2) is 5.58 Å². The minimum absolute atomic E-state index is 0.244. The zero-order valence-electron chi connectivity index (χ0n) is 16.7. The lowest BCUT2D eigenvalue weighted by atomic mass is 10.1. The third-order valence-corrected chi connectivity index (χ3v) is 5.12. The number of benzene rings is 2. The van der Waals surface area contributed by atoms with E-state index in [1.54, 1.807) is 6.07 Å². The summed E-state index contributed by atoms with van der Waals surface area (Å²) in [6, 6.07) is 9.10. The number of nitrogens with zero attached hydrogens (tertiary/aromatic N) is 4. The highest BCUT2D eigenvalue weighted by molar-refractivity contribution is 6.00. The Kier molecular flexibility index (Phi) is 3.95. The van der Waals surface area contributed by atoms with Crippen LogP contribution in [-0.4, -0.2) is 19.5 Å². The smallest absolute Gasteiger partial charge is 0.300 e. The molecule has 150 valence electrons. The maximum atomic E-state index is 14.9. The predicted molar refractivity (Wildman–Crippen MR) is 115 cm³/mol. The van der Waals surface area contributed by atoms with E-state index in [-0.39, 0.29) is 11.7 Å². The van der Waals surface area contributed by atoms with E-state index in [9.17, 15) is 4.39 Å². The molecule has 0 radical (unpaired) electrons. The first-order chi connectivity index (χ1) is 14.4. The van der Waals surface area contributed by atoms with E-state index in [1.807, 2.05) is 49.9 Å². The van der Waals surface area contributed by atoms with Crippen LogP contribution in [0.25, 0.3) is 33.3 Å². The van der Waals surface area contributed by atoms with Crippen LogP contribution in [0.5, 0.6) is 0 Å². The second-order valence-electron chi connectivity index (χ2n) is 7.38. The Morgan fingerprint density at radius 3 is 2.77 bits per heavy atom. The molecule has 5 rings (SSSR count). The Hall–Kier alpha value is -3.94. The first-order valence-electron chi connectivity index (χ1n) is 9.41. The van der Waals surface area contributed by atoms with E-state index in [0.717, 1.165) is 22.2 Å². The van der Waals surface area contributed by atoms with Gasteiger partial charge < -0.3 is 20.0 Å². The summed E-state index contributed by atoms with van der Waals surface area (Å²) < 4.78 is 22.5. The van der Waals surface area contributed by atoms with E-state index in [0.29, 0.717) is 28.0 Å². The van der Waals surface area contributed by atoms with E-state index >= 15 is 0 Å². The number of rotatable bonds is 3. The molecule has 8 heteroatoms. The molecule has 3 aromatic heterocycles. The van der Waals surface area contributed by atoms with E-state index < -0.39 is 5.82 Å². The molecule has 0 aliphatic rings. The molecular weight excluding hydrogens is 383 g/mol. The Morgan fingerprint density at radius 2 is 1.97 bits per heavy atom. The molecule has 0 saturated heterocycles. The zero-order chi connectivity index (χ0) is 21.0. The molecule has 0 amide bonds. The number of aryl methyl sites for hydroxylation is 3. The molecule has 7 nitrogen and oxygen atoms in total. The van der Waals surface area contributed by atoms with Gasteiger partial charge in [-0.15, -0.1) is 0 Å². The number of hydrogen-bond acceptors (Lipinski definition) is 6. The monoisotopic (exact) mass is 402 g/mol. The van der Waals surface area contributed by atoms with Gasteiger partial charge in [0.05, 0.1) is 11.1 Å². The molecule has 5 aromatic rings. The van der Waals surface area contributed by atoms with Crippen LogP contribution in [0.3, 0.4) is 0 Å². The summed E-state index contributed by atoms with van der Waals surface area (Å²) in [5.74, 6) is -0.0783. The first kappa shape index (κ1) is 18.1. The predicted octanol–water partition coefficient (Wildman–Crippen LogP) is 4.86. The summed E-state index contributed by atoms with van der Waals surface area (Å²) in [5.41, 5.74) is 11.9. The number of anilines is 3. The molecule has 0 fully saturated rings. The minimum atomic E-state index is -0.435. The van der Waals surface area contributed by atoms with Crippen LogP contribution in [0.15, 0.2) is 47.3 Å². The fourth-order valence-electron chi connectivity index (χ4n) is 3.78. The van der Waals surface area contributed by atoms with Crippen molar-refractivity contribution in [3.05, 3.63) is 59.8 Å². The van der Waals surface area contributed by atoms with Gasteiger partial charge in [0.25, 0.3) is 6.01 Å². The van der Waals surface area contributed by atoms with Crippen LogP contribution in [0.4, 0.5) is 21.9 Å². The van der Waals surface area contributed by atoms with Gasteiger partial charge >= 0.3 is 0 Å². The van der Waals surface area contributed by atoms with E-state index in [2.05, 4.69) is 20.3 Å². The molecule has 0 atom stereocenters. The van der Waals surface area contributed by atoms with Crippen molar-refractivity contribution in [1.82, 2.24) is 19.5 Å². The molecule has 3 heterocycles. The molecule has 0 spiro atoms. The number of nitrogen functional groups attached to an aromatic ring is 1. The number of oxazole rings is 1. The van der Waals surface area contributed by atoms with Crippen LogP contribution in [0, 0.1) is 19.7 Å². The van der Waals surface area contributed by atoms with E-state index in [1.165, 1.54) is 12.4 Å². The van der Waals surface area contributed by atoms with Crippen molar-refractivity contribution in [3.63, 3.8) is 0 Å². The summed E-state index contributed by atoms with van der Waals surface area (Å²) in [7, 11) is 1.86. The highest BCUT2D eigenvalue weighted by Crippen LogP contribution is 2.34. The Labute approximate surface area is 171 Å². The standard InChI is InChI=1S/C22H19FN6O/c1-11-6-12(2)19-17(7-11)28-22(30-19)27-16-5-4-13(8-15(16)23)14-9-29(3)21-18(14)20(24)25-10-26-21/h4-10H,1-3H3,(H,27,28)(H2,24,25,26). The quantitative estimate of drug-likeness (QED) is 0.448. The fourth-order valence-corrected chi connectivity index (χ4v) is 3.78. The molecule has 0 aliphatic carbocycles. The third-order valence-electron chi connectivity index (χ3n) is 5.12. The molecule has 0 aliphatic heterocycles. The minimum Gasteiger partial charge on any atom is -0.423 e. The Bertz CT molecular complexity index is 1440. The summed E-state index contributed by atoms with van der Waals surface area (Å²) >= 11 is 0. The third kappa shape index (κ3) is 2.85. The van der Waals surface area contributed by atoms with Crippen molar-refractivity contribution in [2.24, 2.45) is 7.05 Å². The van der Waals surface area contributed by atoms with Crippen molar-refractivity contribution in [2.45, 2.75) is 13.8 Å². The number of fused-ring (bicyclic) bond motifs is 2. The number of hydrogen-bond donors (Lipinski definition) is 2. The summed E-state index contributed by atoms with van der Waals surface area (Å²) in [6.07, 6.45) is 3.28. The van der Waals surface area contributed by atoms with Crippen molar-refractivity contribution in [1.29, 1.82) is 0 Å². The highest BCUT2D eigenvalue weighted by atomic mass is 19.1.